The summed E-state index contributed by atoms with van der Waals surface area (Å²) >= 11 is 0. The second kappa shape index (κ2) is 10.5. The van der Waals surface area contributed by atoms with Crippen molar-refractivity contribution in [1.29, 1.82) is 0 Å². The van der Waals surface area contributed by atoms with E-state index in [1.165, 1.54) is 7.11 Å². The van der Waals surface area contributed by atoms with Gasteiger partial charge in [0.15, 0.2) is 0 Å². The van der Waals surface area contributed by atoms with Gasteiger partial charge in [0.05, 0.1) is 32.2 Å². The molecule has 2 rings (SSSR count). The lowest BCUT2D eigenvalue weighted by Crippen LogP contribution is -2.48. The zero-order chi connectivity index (χ0) is 25.1. The molecule has 0 spiro atoms. The maximum Gasteiger partial charge on any atom is 0.244 e. The molecule has 1 amide bonds. The van der Waals surface area contributed by atoms with E-state index in [9.17, 15) is 13.2 Å². The zero-order valence-corrected chi connectivity index (χ0v) is 21.8. The molecule has 1 N–H and O–H groups in total. The van der Waals surface area contributed by atoms with Gasteiger partial charge in [0.1, 0.15) is 17.5 Å². The molecule has 0 saturated carbocycles. The van der Waals surface area contributed by atoms with Crippen molar-refractivity contribution in [2.75, 3.05) is 24.8 Å². The Hall–Kier alpha value is -2.74. The minimum atomic E-state index is -3.77. The summed E-state index contributed by atoms with van der Waals surface area (Å²) in [4.78, 5) is 13.2. The van der Waals surface area contributed by atoms with Crippen molar-refractivity contribution in [3.63, 3.8) is 0 Å². The number of benzene rings is 2. The number of sulfonamides is 1. The predicted octanol–water partition coefficient (Wildman–Crippen LogP) is 4.48. The number of nitrogens with one attached hydrogen (secondary N) is 1. The molecule has 0 saturated heterocycles. The Bertz CT molecular complexity index is 1110. The highest BCUT2D eigenvalue weighted by atomic mass is 32.2. The quantitative estimate of drug-likeness (QED) is 0.577. The molecule has 2 aromatic rings. The summed E-state index contributed by atoms with van der Waals surface area (Å²) in [7, 11) is -0.653. The van der Waals surface area contributed by atoms with Crippen LogP contribution >= 0.6 is 0 Å². The normalized spacial score (nSPS) is 13.4. The second-order valence-corrected chi connectivity index (χ2v) is 10.6. The van der Waals surface area contributed by atoms with E-state index in [-0.39, 0.29) is 12.0 Å². The highest BCUT2D eigenvalue weighted by Gasteiger charge is 2.32. The van der Waals surface area contributed by atoms with Crippen LogP contribution in [0.2, 0.25) is 0 Å². The molecule has 182 valence electrons. The molecule has 0 unspecified atom stereocenters. The number of carbonyl (C=O) groups excluding carboxylic acids is 1. The number of methoxy groups -OCH3 is 2. The number of nitrogens with zero attached hydrogens (tertiary/aromatic N) is 1. The summed E-state index contributed by atoms with van der Waals surface area (Å²) in [6, 6.07) is 7.93. The van der Waals surface area contributed by atoms with E-state index in [1.807, 2.05) is 39.0 Å². The number of carbonyl (C=O) groups is 1. The predicted molar refractivity (Wildman–Crippen MR) is 133 cm³/mol. The van der Waals surface area contributed by atoms with E-state index in [2.05, 4.69) is 19.2 Å². The van der Waals surface area contributed by atoms with Gasteiger partial charge >= 0.3 is 0 Å². The van der Waals surface area contributed by atoms with E-state index in [1.54, 1.807) is 26.2 Å². The first-order chi connectivity index (χ1) is 15.3. The second-order valence-electron chi connectivity index (χ2n) is 8.75. The molecular formula is C25H36N2O5S. The average Bonchev–Trinajstić information content (AvgIpc) is 2.72. The first-order valence-electron chi connectivity index (χ1n) is 10.9. The van der Waals surface area contributed by atoms with E-state index < -0.39 is 22.0 Å². The topological polar surface area (TPSA) is 84.9 Å². The molecule has 0 heterocycles. The van der Waals surface area contributed by atoms with Crippen molar-refractivity contribution < 1.29 is 22.7 Å². The average molecular weight is 477 g/mol. The van der Waals surface area contributed by atoms with Gasteiger partial charge in [-0.25, -0.2) is 8.42 Å². The summed E-state index contributed by atoms with van der Waals surface area (Å²) in [5.41, 5.74) is 4.18. The van der Waals surface area contributed by atoms with Crippen LogP contribution < -0.4 is 19.1 Å². The minimum Gasteiger partial charge on any atom is -0.496 e. The van der Waals surface area contributed by atoms with Crippen molar-refractivity contribution in [3.05, 3.63) is 52.6 Å². The molecular weight excluding hydrogens is 440 g/mol. The maximum atomic E-state index is 13.2. The Morgan fingerprint density at radius 2 is 1.55 bits per heavy atom. The van der Waals surface area contributed by atoms with Crippen LogP contribution in [0.4, 0.5) is 5.69 Å². The van der Waals surface area contributed by atoms with Gasteiger partial charge in [0.25, 0.3) is 0 Å². The van der Waals surface area contributed by atoms with Crippen LogP contribution in [0.5, 0.6) is 11.5 Å². The number of anilines is 1. The minimum absolute atomic E-state index is 0.246. The molecule has 0 radical (unpaired) electrons. The number of amides is 1. The number of hydrogen-bond acceptors (Lipinski definition) is 5. The third kappa shape index (κ3) is 5.99. The number of ether oxygens (including phenoxy) is 2. The Kier molecular flexibility index (Phi) is 8.41. The van der Waals surface area contributed by atoms with Crippen molar-refractivity contribution in [2.24, 2.45) is 0 Å². The summed E-state index contributed by atoms with van der Waals surface area (Å²) < 4.78 is 37.5. The van der Waals surface area contributed by atoms with Crippen molar-refractivity contribution in [3.8, 4) is 11.5 Å². The van der Waals surface area contributed by atoms with Crippen LogP contribution in [0.1, 0.15) is 61.9 Å². The van der Waals surface area contributed by atoms with Gasteiger partial charge in [0.2, 0.25) is 15.9 Å². The van der Waals surface area contributed by atoms with Gasteiger partial charge in [-0.1, -0.05) is 19.9 Å². The Morgan fingerprint density at radius 3 is 2.06 bits per heavy atom. The third-order valence-electron chi connectivity index (χ3n) is 5.73. The lowest BCUT2D eigenvalue weighted by atomic mass is 9.93. The van der Waals surface area contributed by atoms with Crippen LogP contribution in [0.25, 0.3) is 0 Å². The molecule has 2 atom stereocenters. The lowest BCUT2D eigenvalue weighted by Gasteiger charge is -2.31. The molecule has 7 nitrogen and oxygen atoms in total. The fourth-order valence-electron chi connectivity index (χ4n) is 3.98. The lowest BCUT2D eigenvalue weighted by molar-refractivity contribution is -0.122. The highest BCUT2D eigenvalue weighted by Crippen LogP contribution is 2.34. The molecule has 0 aliphatic carbocycles. The molecule has 0 fully saturated rings. The van der Waals surface area contributed by atoms with Crippen LogP contribution in [-0.4, -0.2) is 40.8 Å². The summed E-state index contributed by atoms with van der Waals surface area (Å²) in [5, 5.41) is 2.99. The first kappa shape index (κ1) is 26.5. The maximum absolute atomic E-state index is 13.2. The Balaban J connectivity index is 2.41. The number of hydrogen-bond donors (Lipinski definition) is 1. The Labute approximate surface area is 198 Å². The van der Waals surface area contributed by atoms with Gasteiger partial charge < -0.3 is 14.8 Å². The summed E-state index contributed by atoms with van der Waals surface area (Å²) in [6.45, 7) is 11.5. The van der Waals surface area contributed by atoms with Gasteiger partial charge in [0, 0.05) is 0 Å². The van der Waals surface area contributed by atoms with Crippen LogP contribution in [0.15, 0.2) is 30.3 Å². The zero-order valence-electron chi connectivity index (χ0n) is 21.0. The number of rotatable bonds is 9. The Morgan fingerprint density at radius 1 is 0.939 bits per heavy atom. The molecule has 0 aliphatic rings. The highest BCUT2D eigenvalue weighted by molar-refractivity contribution is 7.92. The van der Waals surface area contributed by atoms with Gasteiger partial charge in [-0.15, -0.1) is 0 Å². The standard InChI is InChI=1S/C25H36N2O5S/c1-15(2)20-14-21(17(4)13-24(20)32-8)18(5)26-25(28)19(6)27(33(9,29)30)22-12-16(3)10-11-23(22)31-7/h10-15,18-19H,1-9H3,(H,26,28)/t18-,19+/m1/s1. The molecule has 0 aromatic heterocycles. The number of aryl methyl sites for hydroxylation is 2. The van der Waals surface area contributed by atoms with Gasteiger partial charge in [-0.3, -0.25) is 9.10 Å². The van der Waals surface area contributed by atoms with E-state index >= 15 is 0 Å². The smallest absolute Gasteiger partial charge is 0.244 e. The molecule has 8 heteroatoms. The van der Waals surface area contributed by atoms with E-state index in [0.717, 1.165) is 38.6 Å². The molecule has 2 aromatic carbocycles. The summed E-state index contributed by atoms with van der Waals surface area (Å²) in [6.07, 6.45) is 1.09. The SMILES string of the molecule is COc1cc(C)c([C@@H](C)NC(=O)[C@H](C)N(c2cc(C)ccc2OC)S(C)(=O)=O)cc1C(C)C. The first-order valence-corrected chi connectivity index (χ1v) is 12.8. The molecule has 0 bridgehead atoms. The van der Waals surface area contributed by atoms with Crippen molar-refractivity contribution >= 4 is 21.6 Å². The largest absolute Gasteiger partial charge is 0.496 e. The monoisotopic (exact) mass is 476 g/mol. The van der Waals surface area contributed by atoms with Crippen molar-refractivity contribution in [1.82, 2.24) is 5.32 Å². The van der Waals surface area contributed by atoms with Crippen LogP contribution in [-0.2, 0) is 14.8 Å². The molecule has 33 heavy (non-hydrogen) atoms. The fraction of sp³-hybridized carbons (Fsp3) is 0.480. The van der Waals surface area contributed by atoms with Crippen molar-refractivity contribution in [2.45, 2.75) is 59.5 Å². The third-order valence-corrected chi connectivity index (χ3v) is 6.95. The fourth-order valence-corrected chi connectivity index (χ4v) is 5.15. The van der Waals surface area contributed by atoms with Crippen LogP contribution in [0, 0.1) is 13.8 Å². The van der Waals surface area contributed by atoms with Crippen LogP contribution in [0.3, 0.4) is 0 Å². The summed E-state index contributed by atoms with van der Waals surface area (Å²) in [5.74, 6) is 1.03. The van der Waals surface area contributed by atoms with E-state index in [4.69, 9.17) is 9.47 Å². The van der Waals surface area contributed by atoms with Gasteiger partial charge in [-0.2, -0.15) is 0 Å². The molecule has 0 aliphatic heterocycles. The van der Waals surface area contributed by atoms with Gasteiger partial charge in [-0.05, 0) is 80.1 Å². The van der Waals surface area contributed by atoms with E-state index in [0.29, 0.717) is 11.4 Å².